The molecule has 1 aliphatic rings. The first kappa shape index (κ1) is 13.4. The molecule has 1 fully saturated rings. The van der Waals surface area contributed by atoms with E-state index in [9.17, 15) is 10.1 Å². The lowest BCUT2D eigenvalue weighted by Crippen LogP contribution is -2.42. The second-order valence-electron chi connectivity index (χ2n) is 4.34. The summed E-state index contributed by atoms with van der Waals surface area (Å²) in [6.45, 7) is 2.61. The Kier molecular flexibility index (Phi) is 4.28. The lowest BCUT2D eigenvalue weighted by molar-refractivity contribution is -0.380. The Morgan fingerprint density at radius 2 is 2.56 bits per heavy atom. The summed E-state index contributed by atoms with van der Waals surface area (Å²) in [6.07, 6.45) is 0.875. The van der Waals surface area contributed by atoms with E-state index in [1.165, 1.54) is 0 Å². The first-order chi connectivity index (χ1) is 8.65. The van der Waals surface area contributed by atoms with Gasteiger partial charge in [0.2, 0.25) is 0 Å². The van der Waals surface area contributed by atoms with Crippen molar-refractivity contribution in [3.05, 3.63) is 27.1 Å². The number of nitro groups is 1. The van der Waals surface area contributed by atoms with Crippen LogP contribution in [0.4, 0.5) is 5.00 Å². The van der Waals surface area contributed by atoms with Crippen molar-refractivity contribution >= 4 is 16.3 Å². The van der Waals surface area contributed by atoms with Gasteiger partial charge in [-0.2, -0.15) is 0 Å². The maximum atomic E-state index is 10.6. The van der Waals surface area contributed by atoms with Crippen LogP contribution in [-0.4, -0.2) is 37.4 Å². The Morgan fingerprint density at radius 3 is 3.11 bits per heavy atom. The molecule has 1 aromatic rings. The average Bonchev–Trinajstić information content (AvgIpc) is 2.98. The second-order valence-corrected chi connectivity index (χ2v) is 5.23. The second kappa shape index (κ2) is 5.75. The quantitative estimate of drug-likeness (QED) is 0.628. The van der Waals surface area contributed by atoms with Gasteiger partial charge < -0.3 is 14.8 Å². The van der Waals surface area contributed by atoms with E-state index in [0.717, 1.165) is 29.9 Å². The maximum Gasteiger partial charge on any atom is 0.324 e. The van der Waals surface area contributed by atoms with Gasteiger partial charge in [-0.1, -0.05) is 11.3 Å². The summed E-state index contributed by atoms with van der Waals surface area (Å²) in [7, 11) is 1.69. The SMILES string of the molecule is COC1(CNCc2csc([N+](=O)[O-])c2)CCOC1. The molecule has 1 N–H and O–H groups in total. The third-order valence-electron chi connectivity index (χ3n) is 3.10. The fourth-order valence-corrected chi connectivity index (χ4v) is 2.68. The molecule has 1 atom stereocenters. The molecule has 1 unspecified atom stereocenters. The lowest BCUT2D eigenvalue weighted by Gasteiger charge is -2.25. The van der Waals surface area contributed by atoms with Gasteiger partial charge in [-0.3, -0.25) is 10.1 Å². The Hall–Kier alpha value is -1.02. The highest BCUT2D eigenvalue weighted by atomic mass is 32.1. The highest BCUT2D eigenvalue weighted by Crippen LogP contribution is 2.24. The highest BCUT2D eigenvalue weighted by molar-refractivity contribution is 7.13. The van der Waals surface area contributed by atoms with Crippen LogP contribution in [0.25, 0.3) is 0 Å². The van der Waals surface area contributed by atoms with Gasteiger partial charge >= 0.3 is 5.00 Å². The molecule has 1 aromatic heterocycles. The maximum absolute atomic E-state index is 10.6. The molecule has 0 bridgehead atoms. The zero-order valence-electron chi connectivity index (χ0n) is 10.2. The van der Waals surface area contributed by atoms with Crippen molar-refractivity contribution in [3.8, 4) is 0 Å². The molecule has 0 saturated carbocycles. The first-order valence-electron chi connectivity index (χ1n) is 5.71. The zero-order chi connectivity index (χ0) is 13.0. The highest BCUT2D eigenvalue weighted by Gasteiger charge is 2.34. The van der Waals surface area contributed by atoms with E-state index in [2.05, 4.69) is 5.32 Å². The minimum atomic E-state index is -0.365. The number of methoxy groups -OCH3 is 1. The molecule has 1 saturated heterocycles. The van der Waals surface area contributed by atoms with Gasteiger partial charge in [0.1, 0.15) is 5.60 Å². The third-order valence-corrected chi connectivity index (χ3v) is 4.03. The Morgan fingerprint density at radius 1 is 1.72 bits per heavy atom. The van der Waals surface area contributed by atoms with E-state index in [-0.39, 0.29) is 15.5 Å². The van der Waals surface area contributed by atoms with Crippen LogP contribution in [0.1, 0.15) is 12.0 Å². The smallest absolute Gasteiger partial charge is 0.324 e. The molecule has 0 radical (unpaired) electrons. The Balaban J connectivity index is 1.82. The monoisotopic (exact) mass is 272 g/mol. The van der Waals surface area contributed by atoms with Crippen molar-refractivity contribution in [2.24, 2.45) is 0 Å². The van der Waals surface area contributed by atoms with Gasteiger partial charge in [0.15, 0.2) is 0 Å². The van der Waals surface area contributed by atoms with E-state index >= 15 is 0 Å². The molecule has 18 heavy (non-hydrogen) atoms. The summed E-state index contributed by atoms with van der Waals surface area (Å²) in [5.41, 5.74) is 0.680. The van der Waals surface area contributed by atoms with E-state index < -0.39 is 0 Å². The van der Waals surface area contributed by atoms with Gasteiger partial charge in [0.25, 0.3) is 0 Å². The van der Waals surface area contributed by atoms with Crippen LogP contribution in [-0.2, 0) is 16.0 Å². The molecular weight excluding hydrogens is 256 g/mol. The average molecular weight is 272 g/mol. The number of hydrogen-bond acceptors (Lipinski definition) is 6. The normalized spacial score (nSPS) is 23.4. The molecule has 2 heterocycles. The van der Waals surface area contributed by atoms with Crippen molar-refractivity contribution in [1.82, 2.24) is 5.32 Å². The number of nitrogens with zero attached hydrogens (tertiary/aromatic N) is 1. The molecule has 0 spiro atoms. The van der Waals surface area contributed by atoms with Crippen LogP contribution in [0.15, 0.2) is 11.4 Å². The van der Waals surface area contributed by atoms with Crippen molar-refractivity contribution in [2.45, 2.75) is 18.6 Å². The van der Waals surface area contributed by atoms with Gasteiger partial charge in [0, 0.05) is 44.7 Å². The largest absolute Gasteiger partial charge is 0.378 e. The number of nitrogens with one attached hydrogen (secondary N) is 1. The Labute approximate surface area is 109 Å². The van der Waals surface area contributed by atoms with Crippen LogP contribution in [0, 0.1) is 10.1 Å². The molecule has 6 nitrogen and oxygen atoms in total. The van der Waals surface area contributed by atoms with Crippen LogP contribution < -0.4 is 5.32 Å². The first-order valence-corrected chi connectivity index (χ1v) is 6.59. The molecule has 7 heteroatoms. The minimum Gasteiger partial charge on any atom is -0.378 e. The van der Waals surface area contributed by atoms with Gasteiger partial charge in [-0.05, 0) is 5.56 Å². The molecule has 1 aliphatic heterocycles. The predicted molar refractivity (Wildman–Crippen MR) is 67.9 cm³/mol. The number of rotatable bonds is 6. The van der Waals surface area contributed by atoms with Crippen LogP contribution in [0.2, 0.25) is 0 Å². The van der Waals surface area contributed by atoms with Gasteiger partial charge in [-0.25, -0.2) is 0 Å². The molecule has 0 aliphatic carbocycles. The van der Waals surface area contributed by atoms with Gasteiger partial charge in [-0.15, -0.1) is 0 Å². The zero-order valence-corrected chi connectivity index (χ0v) is 11.0. The molecule has 0 aromatic carbocycles. The standard InChI is InChI=1S/C11H16N2O4S/c1-16-11(2-3-17-8-11)7-12-5-9-4-10(13(14)15)18-6-9/h4,6,12H,2-3,5,7-8H2,1H3. The summed E-state index contributed by atoms with van der Waals surface area (Å²) in [6, 6.07) is 1.60. The van der Waals surface area contributed by atoms with E-state index in [4.69, 9.17) is 9.47 Å². The summed E-state index contributed by atoms with van der Waals surface area (Å²) < 4.78 is 10.8. The molecule has 100 valence electrons. The van der Waals surface area contributed by atoms with Crippen molar-refractivity contribution < 1.29 is 14.4 Å². The van der Waals surface area contributed by atoms with E-state index in [1.54, 1.807) is 18.6 Å². The van der Waals surface area contributed by atoms with Crippen LogP contribution in [0.5, 0.6) is 0 Å². The van der Waals surface area contributed by atoms with E-state index in [1.807, 2.05) is 0 Å². The minimum absolute atomic E-state index is 0.178. The topological polar surface area (TPSA) is 73.6 Å². The number of ether oxygens (including phenoxy) is 2. The van der Waals surface area contributed by atoms with Crippen molar-refractivity contribution in [2.75, 3.05) is 26.9 Å². The number of thiophene rings is 1. The summed E-state index contributed by atoms with van der Waals surface area (Å²) in [4.78, 5) is 10.2. The third kappa shape index (κ3) is 3.05. The van der Waals surface area contributed by atoms with Gasteiger partial charge in [0.05, 0.1) is 11.5 Å². The van der Waals surface area contributed by atoms with E-state index in [0.29, 0.717) is 19.7 Å². The number of hydrogen-bond donors (Lipinski definition) is 1. The molecule has 2 rings (SSSR count). The molecular formula is C11H16N2O4S. The lowest BCUT2D eigenvalue weighted by atomic mass is 10.0. The van der Waals surface area contributed by atoms with Crippen LogP contribution >= 0.6 is 11.3 Å². The van der Waals surface area contributed by atoms with Crippen molar-refractivity contribution in [1.29, 1.82) is 0 Å². The summed E-state index contributed by atoms with van der Waals surface area (Å²) in [5.74, 6) is 0. The fraction of sp³-hybridized carbons (Fsp3) is 0.636. The Bertz CT molecular complexity index is 415. The van der Waals surface area contributed by atoms with Crippen molar-refractivity contribution in [3.63, 3.8) is 0 Å². The fourth-order valence-electron chi connectivity index (χ4n) is 1.95. The summed E-state index contributed by atoms with van der Waals surface area (Å²) in [5, 5.41) is 15.8. The molecule has 0 amide bonds. The predicted octanol–water partition coefficient (Wildman–Crippen LogP) is 1.55. The summed E-state index contributed by atoms with van der Waals surface area (Å²) >= 11 is 1.15. The van der Waals surface area contributed by atoms with Crippen LogP contribution in [0.3, 0.4) is 0 Å².